The Bertz CT molecular complexity index is 642. The first-order chi connectivity index (χ1) is 12.6. The van der Waals surface area contributed by atoms with E-state index in [1.807, 2.05) is 4.90 Å². The van der Waals surface area contributed by atoms with Gasteiger partial charge in [-0.15, -0.1) is 0 Å². The van der Waals surface area contributed by atoms with Crippen LogP contribution < -0.4 is 9.80 Å². The molecule has 0 unspecified atom stereocenters. The number of aromatic nitrogens is 2. The fraction of sp³-hybridized carbons (Fsp3) is 0.778. The van der Waals surface area contributed by atoms with Gasteiger partial charge in [0.05, 0.1) is 26.0 Å². The molecule has 0 aliphatic carbocycles. The number of hydrogen-bond donors (Lipinski definition) is 1. The predicted molar refractivity (Wildman–Crippen MR) is 97.0 cm³/mol. The van der Waals surface area contributed by atoms with Gasteiger partial charge < -0.3 is 24.5 Å². The number of morpholine rings is 1. The number of halogens is 1. The van der Waals surface area contributed by atoms with Gasteiger partial charge in [-0.3, -0.25) is 0 Å². The van der Waals surface area contributed by atoms with E-state index in [-0.39, 0.29) is 23.9 Å². The average molecular weight is 365 g/mol. The molecule has 3 saturated heterocycles. The number of likely N-dealkylation sites (tertiary alicyclic amines) is 1. The van der Waals surface area contributed by atoms with Crippen LogP contribution in [0, 0.1) is 11.2 Å². The van der Waals surface area contributed by atoms with Crippen LogP contribution in [0.4, 0.5) is 16.2 Å². The van der Waals surface area contributed by atoms with E-state index >= 15 is 0 Å². The number of piperidine rings is 2. The van der Waals surface area contributed by atoms with E-state index in [0.717, 1.165) is 38.9 Å². The van der Waals surface area contributed by atoms with Crippen molar-refractivity contribution in [2.24, 2.45) is 5.41 Å². The van der Waals surface area contributed by atoms with E-state index in [1.165, 1.54) is 6.20 Å². The lowest BCUT2D eigenvalue weighted by atomic mass is 9.69. The largest absolute Gasteiger partial charge is 0.396 e. The van der Waals surface area contributed by atoms with Crippen molar-refractivity contribution in [1.29, 1.82) is 0 Å². The lowest BCUT2D eigenvalue weighted by Crippen LogP contribution is -2.61. The van der Waals surface area contributed by atoms with Crippen LogP contribution in [-0.2, 0) is 4.74 Å². The molecule has 2 atom stereocenters. The number of likely N-dealkylation sites (N-methyl/N-ethyl adjacent to an activating group) is 1. The standard InChI is InChI=1S/C18H28FN5O2/c1-22-5-2-3-18(13-25)4-6-24(12-15(18)22)17-20-11-14(19)16(21-17)23-7-9-26-10-8-23/h11,15,25H,2-10,12-13H2,1H3/t15-,18-/m1/s1. The number of rotatable bonds is 3. The molecule has 4 rings (SSSR count). The molecule has 0 amide bonds. The number of hydrogen-bond acceptors (Lipinski definition) is 7. The van der Waals surface area contributed by atoms with Gasteiger partial charge in [-0.2, -0.15) is 4.98 Å². The number of aliphatic hydroxyl groups excluding tert-OH is 1. The number of nitrogens with zero attached hydrogens (tertiary/aromatic N) is 5. The molecule has 1 aromatic rings. The van der Waals surface area contributed by atoms with E-state index in [1.54, 1.807) is 0 Å². The fourth-order valence-corrected chi connectivity index (χ4v) is 4.70. The Morgan fingerprint density at radius 1 is 1.23 bits per heavy atom. The molecule has 1 aromatic heterocycles. The summed E-state index contributed by atoms with van der Waals surface area (Å²) < 4.78 is 19.7. The summed E-state index contributed by atoms with van der Waals surface area (Å²) in [5.74, 6) is 0.569. The van der Waals surface area contributed by atoms with E-state index < -0.39 is 0 Å². The van der Waals surface area contributed by atoms with Gasteiger partial charge in [-0.25, -0.2) is 9.37 Å². The highest BCUT2D eigenvalue weighted by molar-refractivity contribution is 5.46. The number of aliphatic hydroxyl groups is 1. The Morgan fingerprint density at radius 2 is 2.04 bits per heavy atom. The van der Waals surface area contributed by atoms with Crippen LogP contribution in [-0.4, -0.2) is 85.6 Å². The minimum absolute atomic E-state index is 0.0312. The van der Waals surface area contributed by atoms with Gasteiger partial charge in [0.25, 0.3) is 0 Å². The van der Waals surface area contributed by atoms with E-state index in [2.05, 4.69) is 26.8 Å². The first-order valence-corrected chi connectivity index (χ1v) is 9.54. The third-order valence-electron chi connectivity index (χ3n) is 6.32. The highest BCUT2D eigenvalue weighted by atomic mass is 19.1. The zero-order valence-corrected chi connectivity index (χ0v) is 15.4. The van der Waals surface area contributed by atoms with Crippen LogP contribution in [0.1, 0.15) is 19.3 Å². The molecule has 1 N–H and O–H groups in total. The number of ether oxygens (including phenoxy) is 1. The maximum absolute atomic E-state index is 14.3. The summed E-state index contributed by atoms with van der Waals surface area (Å²) in [5.41, 5.74) is -0.0312. The van der Waals surface area contributed by atoms with Crippen molar-refractivity contribution in [3.05, 3.63) is 12.0 Å². The molecule has 4 heterocycles. The molecule has 0 saturated carbocycles. The molecule has 8 heteroatoms. The minimum Gasteiger partial charge on any atom is -0.396 e. The van der Waals surface area contributed by atoms with Gasteiger partial charge in [0.1, 0.15) is 0 Å². The molecule has 3 aliphatic heterocycles. The van der Waals surface area contributed by atoms with Crippen LogP contribution in [0.3, 0.4) is 0 Å². The van der Waals surface area contributed by atoms with Crippen molar-refractivity contribution in [1.82, 2.24) is 14.9 Å². The first-order valence-electron chi connectivity index (χ1n) is 9.54. The average Bonchev–Trinajstić information content (AvgIpc) is 2.69. The second kappa shape index (κ2) is 7.25. The molecule has 3 aliphatic rings. The van der Waals surface area contributed by atoms with Crippen LogP contribution in [0.25, 0.3) is 0 Å². The zero-order valence-electron chi connectivity index (χ0n) is 15.4. The van der Waals surface area contributed by atoms with Crippen molar-refractivity contribution in [2.75, 3.05) is 69.4 Å². The molecule has 0 spiro atoms. The van der Waals surface area contributed by atoms with Crippen LogP contribution in [0.2, 0.25) is 0 Å². The first kappa shape index (κ1) is 17.9. The van der Waals surface area contributed by atoms with Crippen molar-refractivity contribution in [2.45, 2.75) is 25.3 Å². The summed E-state index contributed by atoms with van der Waals surface area (Å²) in [6.07, 6.45) is 4.38. The third-order valence-corrected chi connectivity index (χ3v) is 6.32. The van der Waals surface area contributed by atoms with Gasteiger partial charge in [-0.05, 0) is 32.9 Å². The number of fused-ring (bicyclic) bond motifs is 1. The topological polar surface area (TPSA) is 65.0 Å². The molecule has 0 aromatic carbocycles. The van der Waals surface area contributed by atoms with Gasteiger partial charge in [-0.1, -0.05) is 0 Å². The Balaban J connectivity index is 1.56. The van der Waals surface area contributed by atoms with Crippen molar-refractivity contribution < 1.29 is 14.2 Å². The summed E-state index contributed by atoms with van der Waals surface area (Å²) >= 11 is 0. The summed E-state index contributed by atoms with van der Waals surface area (Å²) in [4.78, 5) is 15.2. The molecule has 0 radical (unpaired) electrons. The number of anilines is 2. The van der Waals surface area contributed by atoms with Crippen molar-refractivity contribution in [3.8, 4) is 0 Å². The second-order valence-electron chi connectivity index (χ2n) is 7.76. The normalized spacial score (nSPS) is 30.3. The lowest BCUT2D eigenvalue weighted by Gasteiger charge is -2.53. The van der Waals surface area contributed by atoms with Gasteiger partial charge in [0.15, 0.2) is 11.6 Å². The van der Waals surface area contributed by atoms with Crippen LogP contribution >= 0.6 is 0 Å². The Kier molecular flexibility index (Phi) is 4.98. The molecule has 7 nitrogen and oxygen atoms in total. The molecule has 26 heavy (non-hydrogen) atoms. The maximum Gasteiger partial charge on any atom is 0.227 e. The molecule has 144 valence electrons. The Hall–Kier alpha value is -1.51. The smallest absolute Gasteiger partial charge is 0.227 e. The van der Waals surface area contributed by atoms with Crippen molar-refractivity contribution in [3.63, 3.8) is 0 Å². The predicted octanol–water partition coefficient (Wildman–Crippen LogP) is 0.735. The summed E-state index contributed by atoms with van der Waals surface area (Å²) in [6, 6.07) is 0.274. The third kappa shape index (κ3) is 3.14. The van der Waals surface area contributed by atoms with Gasteiger partial charge >= 0.3 is 0 Å². The quantitative estimate of drug-likeness (QED) is 0.847. The van der Waals surface area contributed by atoms with Crippen LogP contribution in [0.5, 0.6) is 0 Å². The molecular weight excluding hydrogens is 337 g/mol. The summed E-state index contributed by atoms with van der Waals surface area (Å²) in [6.45, 7) is 5.30. The maximum atomic E-state index is 14.3. The highest BCUT2D eigenvalue weighted by Crippen LogP contribution is 2.42. The van der Waals surface area contributed by atoms with Crippen LogP contribution in [0.15, 0.2) is 6.20 Å². The second-order valence-corrected chi connectivity index (χ2v) is 7.76. The monoisotopic (exact) mass is 365 g/mol. The van der Waals surface area contributed by atoms with Crippen molar-refractivity contribution >= 4 is 11.8 Å². The minimum atomic E-state index is -0.382. The summed E-state index contributed by atoms with van der Waals surface area (Å²) in [7, 11) is 2.13. The zero-order chi connectivity index (χ0) is 18.1. The van der Waals surface area contributed by atoms with Gasteiger partial charge in [0, 0.05) is 37.6 Å². The highest BCUT2D eigenvalue weighted by Gasteiger charge is 2.46. The van der Waals surface area contributed by atoms with E-state index in [9.17, 15) is 9.50 Å². The Morgan fingerprint density at radius 3 is 2.81 bits per heavy atom. The van der Waals surface area contributed by atoms with E-state index in [4.69, 9.17) is 4.74 Å². The summed E-state index contributed by atoms with van der Waals surface area (Å²) in [5, 5.41) is 10.1. The molecular formula is C18H28FN5O2. The fourth-order valence-electron chi connectivity index (χ4n) is 4.70. The SMILES string of the molecule is CN1CCC[C@]2(CO)CCN(c3ncc(F)c(N4CCOCC4)n3)C[C@@H]12. The van der Waals surface area contributed by atoms with E-state index in [0.29, 0.717) is 38.1 Å². The molecule has 0 bridgehead atoms. The lowest BCUT2D eigenvalue weighted by molar-refractivity contribution is -0.0278. The Labute approximate surface area is 153 Å². The van der Waals surface area contributed by atoms with Gasteiger partial charge in [0.2, 0.25) is 5.95 Å². The molecule has 3 fully saturated rings.